The lowest BCUT2D eigenvalue weighted by molar-refractivity contribution is 0.0744. The summed E-state index contributed by atoms with van der Waals surface area (Å²) < 4.78 is 0.768. The minimum atomic E-state index is 0.0353. The fourth-order valence-electron chi connectivity index (χ4n) is 2.41. The van der Waals surface area contributed by atoms with E-state index in [0.29, 0.717) is 22.5 Å². The van der Waals surface area contributed by atoms with E-state index in [1.807, 2.05) is 17.0 Å². The summed E-state index contributed by atoms with van der Waals surface area (Å²) in [4.78, 5) is 14.3. The molecule has 1 aromatic rings. The molecule has 1 saturated heterocycles. The Morgan fingerprint density at radius 2 is 2.18 bits per heavy atom. The maximum absolute atomic E-state index is 12.4. The smallest absolute Gasteiger partial charge is 0.255 e. The van der Waals surface area contributed by atoms with Crippen LogP contribution in [-0.2, 0) is 0 Å². The van der Waals surface area contributed by atoms with Crippen molar-refractivity contribution in [3.63, 3.8) is 0 Å². The fourth-order valence-corrected chi connectivity index (χ4v) is 2.98. The standard InChI is InChI=1S/C13H15BrClNO/c1-8-6-9(2)16(7-8)13(17)10-4-3-5-11(14)12(10)15/h3-5,8-9H,6-7H2,1-2H3. The maximum atomic E-state index is 12.4. The van der Waals surface area contributed by atoms with Crippen molar-refractivity contribution in [3.8, 4) is 0 Å². The minimum absolute atomic E-state index is 0.0353. The molecule has 0 radical (unpaired) electrons. The van der Waals surface area contributed by atoms with Gasteiger partial charge in [0.15, 0.2) is 0 Å². The first-order valence-electron chi connectivity index (χ1n) is 5.75. The molecule has 1 aliphatic rings. The number of rotatable bonds is 1. The van der Waals surface area contributed by atoms with Crippen LogP contribution >= 0.6 is 27.5 Å². The van der Waals surface area contributed by atoms with Crippen LogP contribution in [0, 0.1) is 5.92 Å². The average molecular weight is 317 g/mol. The number of halogens is 2. The lowest BCUT2D eigenvalue weighted by Crippen LogP contribution is -2.34. The number of benzene rings is 1. The van der Waals surface area contributed by atoms with Gasteiger partial charge in [0.1, 0.15) is 0 Å². The molecule has 1 heterocycles. The SMILES string of the molecule is CC1CC(C)N(C(=O)c2cccc(Br)c2Cl)C1. The van der Waals surface area contributed by atoms with Crippen LogP contribution in [0.3, 0.4) is 0 Å². The highest BCUT2D eigenvalue weighted by Gasteiger charge is 2.31. The molecule has 0 spiro atoms. The average Bonchev–Trinajstić information content (AvgIpc) is 2.61. The number of nitrogens with zero attached hydrogens (tertiary/aromatic N) is 1. The Hall–Kier alpha value is -0.540. The van der Waals surface area contributed by atoms with Crippen molar-refractivity contribution in [2.24, 2.45) is 5.92 Å². The highest BCUT2D eigenvalue weighted by atomic mass is 79.9. The largest absolute Gasteiger partial charge is 0.336 e. The molecular formula is C13H15BrClNO. The van der Waals surface area contributed by atoms with Gasteiger partial charge < -0.3 is 4.90 Å². The second-order valence-corrected chi connectivity index (χ2v) is 5.98. The van der Waals surface area contributed by atoms with Crippen LogP contribution in [0.25, 0.3) is 0 Å². The van der Waals surface area contributed by atoms with Gasteiger partial charge in [0, 0.05) is 17.1 Å². The van der Waals surface area contributed by atoms with Crippen LogP contribution in [0.5, 0.6) is 0 Å². The van der Waals surface area contributed by atoms with Crippen molar-refractivity contribution in [3.05, 3.63) is 33.3 Å². The van der Waals surface area contributed by atoms with Crippen molar-refractivity contribution < 1.29 is 4.79 Å². The Kier molecular flexibility index (Phi) is 3.79. The number of amides is 1. The van der Waals surface area contributed by atoms with E-state index in [1.165, 1.54) is 0 Å². The molecule has 2 rings (SSSR count). The number of hydrogen-bond donors (Lipinski definition) is 0. The summed E-state index contributed by atoms with van der Waals surface area (Å²) in [6.07, 6.45) is 1.07. The van der Waals surface area contributed by atoms with Gasteiger partial charge in [0.25, 0.3) is 5.91 Å². The molecule has 0 aromatic heterocycles. The van der Waals surface area contributed by atoms with E-state index in [0.717, 1.165) is 17.4 Å². The van der Waals surface area contributed by atoms with Gasteiger partial charge in [-0.1, -0.05) is 24.6 Å². The van der Waals surface area contributed by atoms with E-state index in [9.17, 15) is 4.79 Å². The Balaban J connectivity index is 2.29. The van der Waals surface area contributed by atoms with Gasteiger partial charge in [0.2, 0.25) is 0 Å². The van der Waals surface area contributed by atoms with Gasteiger partial charge in [-0.2, -0.15) is 0 Å². The van der Waals surface area contributed by atoms with Crippen molar-refractivity contribution in [2.45, 2.75) is 26.3 Å². The zero-order valence-corrected chi connectivity index (χ0v) is 12.3. The molecule has 17 heavy (non-hydrogen) atoms. The van der Waals surface area contributed by atoms with Gasteiger partial charge in [-0.25, -0.2) is 0 Å². The first-order chi connectivity index (χ1) is 8.00. The zero-order valence-electron chi connectivity index (χ0n) is 9.91. The van der Waals surface area contributed by atoms with E-state index >= 15 is 0 Å². The molecule has 0 N–H and O–H groups in total. The lowest BCUT2D eigenvalue weighted by atomic mass is 10.1. The molecule has 1 amide bonds. The summed E-state index contributed by atoms with van der Waals surface area (Å²) in [5.41, 5.74) is 0.585. The van der Waals surface area contributed by atoms with Crippen molar-refractivity contribution >= 4 is 33.4 Å². The third kappa shape index (κ3) is 2.50. The summed E-state index contributed by atoms with van der Waals surface area (Å²) in [5, 5.41) is 0.504. The topological polar surface area (TPSA) is 20.3 Å². The molecule has 4 heteroatoms. The van der Waals surface area contributed by atoms with Crippen LogP contribution < -0.4 is 0 Å². The lowest BCUT2D eigenvalue weighted by Gasteiger charge is -2.22. The van der Waals surface area contributed by atoms with E-state index in [1.54, 1.807) is 6.07 Å². The molecular weight excluding hydrogens is 302 g/mol. The summed E-state index contributed by atoms with van der Waals surface area (Å²) in [6, 6.07) is 5.76. The van der Waals surface area contributed by atoms with E-state index in [4.69, 9.17) is 11.6 Å². The summed E-state index contributed by atoms with van der Waals surface area (Å²) in [6.45, 7) is 5.09. The van der Waals surface area contributed by atoms with Gasteiger partial charge in [0.05, 0.1) is 10.6 Å². The highest BCUT2D eigenvalue weighted by Crippen LogP contribution is 2.30. The zero-order chi connectivity index (χ0) is 12.6. The van der Waals surface area contributed by atoms with Crippen molar-refractivity contribution in [1.82, 2.24) is 4.90 Å². The fraction of sp³-hybridized carbons (Fsp3) is 0.462. The molecule has 0 aliphatic carbocycles. The molecule has 1 aliphatic heterocycles. The van der Waals surface area contributed by atoms with Gasteiger partial charge >= 0.3 is 0 Å². The Labute approximate surface area is 115 Å². The van der Waals surface area contributed by atoms with Crippen LogP contribution in [0.4, 0.5) is 0 Å². The van der Waals surface area contributed by atoms with E-state index < -0.39 is 0 Å². The van der Waals surface area contributed by atoms with Gasteiger partial charge in [-0.05, 0) is 47.3 Å². The third-order valence-corrected chi connectivity index (χ3v) is 4.52. The predicted octanol–water partition coefficient (Wildman–Crippen LogP) is 3.97. The molecule has 2 atom stereocenters. The van der Waals surface area contributed by atoms with Crippen molar-refractivity contribution in [1.29, 1.82) is 0 Å². The molecule has 0 saturated carbocycles. The van der Waals surface area contributed by atoms with E-state index in [2.05, 4.69) is 29.8 Å². The van der Waals surface area contributed by atoms with Gasteiger partial charge in [-0.3, -0.25) is 4.79 Å². The minimum Gasteiger partial charge on any atom is -0.336 e. The highest BCUT2D eigenvalue weighted by molar-refractivity contribution is 9.10. The van der Waals surface area contributed by atoms with Crippen LogP contribution in [-0.4, -0.2) is 23.4 Å². The first kappa shape index (κ1) is 12.9. The summed E-state index contributed by atoms with van der Waals surface area (Å²) in [7, 11) is 0. The Morgan fingerprint density at radius 1 is 1.47 bits per heavy atom. The molecule has 1 aromatic carbocycles. The van der Waals surface area contributed by atoms with Gasteiger partial charge in [-0.15, -0.1) is 0 Å². The molecule has 2 unspecified atom stereocenters. The first-order valence-corrected chi connectivity index (χ1v) is 6.92. The summed E-state index contributed by atoms with van der Waals surface area (Å²) in [5.74, 6) is 0.605. The van der Waals surface area contributed by atoms with E-state index in [-0.39, 0.29) is 5.91 Å². The second-order valence-electron chi connectivity index (χ2n) is 4.75. The summed E-state index contributed by atoms with van der Waals surface area (Å²) >= 11 is 9.50. The van der Waals surface area contributed by atoms with Crippen LogP contribution in [0.2, 0.25) is 5.02 Å². The monoisotopic (exact) mass is 315 g/mol. The predicted molar refractivity (Wildman–Crippen MR) is 73.4 cm³/mol. The Morgan fingerprint density at radius 3 is 2.76 bits per heavy atom. The number of hydrogen-bond acceptors (Lipinski definition) is 1. The van der Waals surface area contributed by atoms with Crippen LogP contribution in [0.1, 0.15) is 30.6 Å². The molecule has 92 valence electrons. The number of carbonyl (C=O) groups is 1. The number of likely N-dealkylation sites (tertiary alicyclic amines) is 1. The molecule has 0 bridgehead atoms. The molecule has 2 nitrogen and oxygen atoms in total. The quantitative estimate of drug-likeness (QED) is 0.767. The van der Waals surface area contributed by atoms with Crippen molar-refractivity contribution in [2.75, 3.05) is 6.54 Å². The molecule has 1 fully saturated rings. The van der Waals surface area contributed by atoms with Crippen LogP contribution in [0.15, 0.2) is 22.7 Å². The Bertz CT molecular complexity index is 449. The normalized spacial score (nSPS) is 24.1. The number of carbonyl (C=O) groups excluding carboxylic acids is 1. The third-order valence-electron chi connectivity index (χ3n) is 3.23. The second kappa shape index (κ2) is 4.99. The maximum Gasteiger partial charge on any atom is 0.255 e.